The SMILES string of the molecule is COCCNCc1ccc(C(F)(F)F)cc1NC(=O)NCc1cnc2nc1NCCCNS(=O)(=O)c1cccc(c1)N2. The number of hydrogen-bond acceptors (Lipinski definition) is 9. The van der Waals surface area contributed by atoms with Crippen molar-refractivity contribution in [3.05, 3.63) is 65.4 Å². The molecular weight excluding hydrogens is 577 g/mol. The predicted octanol–water partition coefficient (Wildman–Crippen LogP) is 3.39. The van der Waals surface area contributed by atoms with Crippen LogP contribution in [0.5, 0.6) is 0 Å². The summed E-state index contributed by atoms with van der Waals surface area (Å²) in [6, 6.07) is 8.65. The number of carbonyl (C=O) groups is 1. The minimum atomic E-state index is -4.58. The molecule has 0 saturated heterocycles. The van der Waals surface area contributed by atoms with Crippen LogP contribution in [-0.4, -0.2) is 57.8 Å². The Morgan fingerprint density at radius 1 is 1.10 bits per heavy atom. The number of halogens is 3. The number of rotatable bonds is 8. The van der Waals surface area contributed by atoms with Crippen molar-refractivity contribution < 1.29 is 31.1 Å². The van der Waals surface area contributed by atoms with Gasteiger partial charge in [0.2, 0.25) is 16.0 Å². The largest absolute Gasteiger partial charge is 0.416 e. The molecule has 0 atom stereocenters. The first-order valence-corrected chi connectivity index (χ1v) is 14.4. The van der Waals surface area contributed by atoms with Gasteiger partial charge in [-0.3, -0.25) is 0 Å². The second-order valence-electron chi connectivity index (χ2n) is 9.25. The summed E-state index contributed by atoms with van der Waals surface area (Å²) in [4.78, 5) is 21.6. The van der Waals surface area contributed by atoms with Gasteiger partial charge in [-0.05, 0) is 42.3 Å². The zero-order chi connectivity index (χ0) is 30.2. The number of nitrogens with zero attached hydrogens (tertiary/aromatic N) is 2. The summed E-state index contributed by atoms with van der Waals surface area (Å²) in [5, 5.41) is 14.3. The van der Waals surface area contributed by atoms with Gasteiger partial charge in [-0.1, -0.05) is 12.1 Å². The number of alkyl halides is 3. The van der Waals surface area contributed by atoms with Crippen LogP contribution in [0, 0.1) is 0 Å². The lowest BCUT2D eigenvalue weighted by Gasteiger charge is -2.16. The molecule has 1 aliphatic heterocycles. The maximum atomic E-state index is 13.3. The second kappa shape index (κ2) is 13.8. The van der Waals surface area contributed by atoms with Crippen LogP contribution in [0.25, 0.3) is 0 Å². The van der Waals surface area contributed by atoms with Crippen LogP contribution in [0.4, 0.5) is 41.1 Å². The summed E-state index contributed by atoms with van der Waals surface area (Å²) >= 11 is 0. The van der Waals surface area contributed by atoms with Crippen LogP contribution in [0.1, 0.15) is 23.1 Å². The fourth-order valence-corrected chi connectivity index (χ4v) is 5.09. The molecule has 2 heterocycles. The summed E-state index contributed by atoms with van der Waals surface area (Å²) < 4.78 is 72.7. The third-order valence-electron chi connectivity index (χ3n) is 6.13. The predicted molar refractivity (Wildman–Crippen MR) is 151 cm³/mol. The fourth-order valence-electron chi connectivity index (χ4n) is 3.97. The number of hydrogen-bond donors (Lipinski definition) is 6. The Kier molecular flexibility index (Phi) is 10.2. The first-order valence-electron chi connectivity index (χ1n) is 13.0. The Morgan fingerprint density at radius 3 is 2.71 bits per heavy atom. The van der Waals surface area contributed by atoms with Gasteiger partial charge in [-0.25, -0.2) is 22.9 Å². The van der Waals surface area contributed by atoms with Crippen LogP contribution in [0.3, 0.4) is 0 Å². The van der Waals surface area contributed by atoms with Gasteiger partial charge in [0.25, 0.3) is 0 Å². The van der Waals surface area contributed by atoms with Gasteiger partial charge in [-0.15, -0.1) is 0 Å². The lowest BCUT2D eigenvalue weighted by Crippen LogP contribution is -2.30. The zero-order valence-electron chi connectivity index (χ0n) is 22.6. The quantitative estimate of drug-likeness (QED) is 0.211. The molecule has 6 N–H and O–H groups in total. The van der Waals surface area contributed by atoms with E-state index in [4.69, 9.17) is 4.74 Å². The third-order valence-corrected chi connectivity index (χ3v) is 7.59. The normalized spacial score (nSPS) is 14.8. The van der Waals surface area contributed by atoms with Gasteiger partial charge >= 0.3 is 12.2 Å². The van der Waals surface area contributed by atoms with Crippen molar-refractivity contribution in [2.45, 2.75) is 30.6 Å². The topological polar surface area (TPSA) is 158 Å². The van der Waals surface area contributed by atoms with Gasteiger partial charge in [0, 0.05) is 63.0 Å². The zero-order valence-corrected chi connectivity index (χ0v) is 23.5. The first-order chi connectivity index (χ1) is 20.0. The van der Waals surface area contributed by atoms with Crippen LogP contribution < -0.4 is 31.3 Å². The molecule has 1 aliphatic rings. The van der Waals surface area contributed by atoms with E-state index in [0.717, 1.165) is 12.1 Å². The summed E-state index contributed by atoms with van der Waals surface area (Å²) in [6.45, 7) is 1.60. The molecule has 42 heavy (non-hydrogen) atoms. The molecule has 4 bridgehead atoms. The number of aromatic nitrogens is 2. The van der Waals surface area contributed by atoms with Crippen molar-refractivity contribution in [2.24, 2.45) is 0 Å². The van der Waals surface area contributed by atoms with Crippen molar-refractivity contribution in [3.63, 3.8) is 0 Å². The Morgan fingerprint density at radius 2 is 1.93 bits per heavy atom. The van der Waals surface area contributed by atoms with E-state index in [1.165, 1.54) is 31.5 Å². The van der Waals surface area contributed by atoms with Crippen molar-refractivity contribution >= 4 is 39.2 Å². The van der Waals surface area contributed by atoms with E-state index in [1.54, 1.807) is 12.1 Å². The second-order valence-corrected chi connectivity index (χ2v) is 11.0. The lowest BCUT2D eigenvalue weighted by atomic mass is 10.1. The number of amides is 2. The maximum Gasteiger partial charge on any atom is 0.416 e. The van der Waals surface area contributed by atoms with Crippen molar-refractivity contribution in [2.75, 3.05) is 49.3 Å². The monoisotopic (exact) mass is 608 g/mol. The van der Waals surface area contributed by atoms with E-state index in [2.05, 4.69) is 41.3 Å². The van der Waals surface area contributed by atoms with Gasteiger partial charge in [0.05, 0.1) is 17.1 Å². The molecule has 0 aliphatic carbocycles. The lowest BCUT2D eigenvalue weighted by molar-refractivity contribution is -0.137. The van der Waals surface area contributed by atoms with Gasteiger partial charge in [0.1, 0.15) is 5.82 Å². The van der Waals surface area contributed by atoms with Gasteiger partial charge in [-0.2, -0.15) is 18.2 Å². The molecule has 12 nitrogen and oxygen atoms in total. The molecule has 226 valence electrons. The van der Waals surface area contributed by atoms with Crippen molar-refractivity contribution in [1.29, 1.82) is 0 Å². The number of methoxy groups -OCH3 is 1. The molecule has 0 radical (unpaired) electrons. The summed E-state index contributed by atoms with van der Waals surface area (Å²) in [5.74, 6) is 0.593. The third kappa shape index (κ3) is 8.51. The number of fused-ring (bicyclic) bond motifs is 4. The summed E-state index contributed by atoms with van der Waals surface area (Å²) in [7, 11) is -2.16. The molecule has 2 aromatic carbocycles. The molecule has 0 spiro atoms. The first kappa shape index (κ1) is 31.0. The van der Waals surface area contributed by atoms with E-state index in [9.17, 15) is 26.4 Å². The number of urea groups is 1. The van der Waals surface area contributed by atoms with E-state index in [-0.39, 0.29) is 36.2 Å². The highest BCUT2D eigenvalue weighted by Crippen LogP contribution is 2.32. The minimum absolute atomic E-state index is 0.0107. The highest BCUT2D eigenvalue weighted by Gasteiger charge is 2.31. The standard InChI is InChI=1S/C26H31F3N8O4S/c1-41-11-10-30-14-17-6-7-19(26(27,28)29)12-22(17)36-25(38)33-16-18-15-32-24-35-20-4-2-5-21(13-20)42(39,40)34-9-3-8-31-23(18)37-24/h2,4-7,12-13,15,30,34H,3,8-11,14,16H2,1H3,(H2,33,36,38)(H2,31,32,35,37). The van der Waals surface area contributed by atoms with E-state index >= 15 is 0 Å². The Balaban J connectivity index is 1.48. The molecule has 3 aromatic rings. The van der Waals surface area contributed by atoms with Crippen LogP contribution >= 0.6 is 0 Å². The number of nitrogens with one attached hydrogen (secondary N) is 6. The average Bonchev–Trinajstić information content (AvgIpc) is 2.95. The number of ether oxygens (including phenoxy) is 1. The molecule has 16 heteroatoms. The smallest absolute Gasteiger partial charge is 0.383 e. The number of carbonyl (C=O) groups excluding carboxylic acids is 1. The molecule has 0 unspecified atom stereocenters. The van der Waals surface area contributed by atoms with Crippen molar-refractivity contribution in [3.8, 4) is 0 Å². The number of sulfonamides is 1. The Hall–Kier alpha value is -3.99. The minimum Gasteiger partial charge on any atom is -0.383 e. The average molecular weight is 609 g/mol. The summed E-state index contributed by atoms with van der Waals surface area (Å²) in [5.41, 5.74) is 0.551. The maximum absolute atomic E-state index is 13.3. The van der Waals surface area contributed by atoms with Crippen LogP contribution in [-0.2, 0) is 34.0 Å². The van der Waals surface area contributed by atoms with E-state index in [1.807, 2.05) is 0 Å². The summed E-state index contributed by atoms with van der Waals surface area (Å²) in [6.07, 6.45) is -2.65. The molecule has 0 fully saturated rings. The Bertz CT molecular complexity index is 1510. The number of benzene rings is 2. The van der Waals surface area contributed by atoms with E-state index in [0.29, 0.717) is 48.7 Å². The number of anilines is 4. The van der Waals surface area contributed by atoms with Crippen molar-refractivity contribution in [1.82, 2.24) is 25.3 Å². The van der Waals surface area contributed by atoms with Crippen LogP contribution in [0.2, 0.25) is 0 Å². The molecular formula is C26H31F3N8O4S. The Labute approximate surface area is 240 Å². The molecule has 4 rings (SSSR count). The van der Waals surface area contributed by atoms with Gasteiger partial charge in [0.15, 0.2) is 0 Å². The molecule has 1 aromatic heterocycles. The molecule has 0 saturated carbocycles. The fraction of sp³-hybridized carbons (Fsp3) is 0.346. The van der Waals surface area contributed by atoms with E-state index < -0.39 is 27.8 Å². The highest BCUT2D eigenvalue weighted by atomic mass is 32.2. The van der Waals surface area contributed by atoms with Crippen LogP contribution in [0.15, 0.2) is 53.6 Å². The highest BCUT2D eigenvalue weighted by molar-refractivity contribution is 7.89. The molecule has 2 amide bonds. The van der Waals surface area contributed by atoms with Gasteiger partial charge < -0.3 is 31.3 Å².